The van der Waals surface area contributed by atoms with Gasteiger partial charge in [-0.05, 0) is 19.3 Å². The van der Waals surface area contributed by atoms with Crippen molar-refractivity contribution >= 4 is 22.4 Å². The average molecular weight is 261 g/mol. The van der Waals surface area contributed by atoms with Crippen molar-refractivity contribution in [2.45, 2.75) is 19.3 Å². The molecule has 1 aliphatic carbocycles. The standard InChI is InChI=1S/C12H11N3O2S/c16-10-7-2-1-3-9(7)14-6-8(10)11(17)15-12-13-4-5-18-12/h4-6H,1-3H2,(H,14,16)(H,13,15,17). The van der Waals surface area contributed by atoms with E-state index >= 15 is 0 Å². The number of carbonyl (C=O) groups excluding carboxylic acids is 1. The number of H-pyrrole nitrogens is 1. The lowest BCUT2D eigenvalue weighted by Gasteiger charge is -2.04. The number of anilines is 1. The Morgan fingerprint density at radius 1 is 1.44 bits per heavy atom. The molecule has 0 radical (unpaired) electrons. The molecule has 3 rings (SSSR count). The van der Waals surface area contributed by atoms with Gasteiger partial charge in [-0.25, -0.2) is 4.98 Å². The molecule has 0 spiro atoms. The number of aryl methyl sites for hydroxylation is 1. The summed E-state index contributed by atoms with van der Waals surface area (Å²) in [5.41, 5.74) is 1.72. The fourth-order valence-electron chi connectivity index (χ4n) is 2.16. The molecule has 92 valence electrons. The molecule has 0 atom stereocenters. The van der Waals surface area contributed by atoms with Gasteiger partial charge in [0.2, 0.25) is 0 Å². The van der Waals surface area contributed by atoms with E-state index in [1.54, 1.807) is 11.6 Å². The minimum absolute atomic E-state index is 0.157. The van der Waals surface area contributed by atoms with E-state index < -0.39 is 5.91 Å². The number of rotatable bonds is 2. The molecule has 1 aliphatic rings. The normalized spacial score (nSPS) is 13.3. The number of pyridine rings is 1. The zero-order valence-electron chi connectivity index (χ0n) is 9.53. The van der Waals surface area contributed by atoms with Crippen LogP contribution in [0.1, 0.15) is 28.0 Å². The highest BCUT2D eigenvalue weighted by Crippen LogP contribution is 2.17. The minimum Gasteiger partial charge on any atom is -0.364 e. The molecule has 18 heavy (non-hydrogen) atoms. The van der Waals surface area contributed by atoms with E-state index in [1.165, 1.54) is 17.5 Å². The van der Waals surface area contributed by atoms with Gasteiger partial charge in [-0.15, -0.1) is 11.3 Å². The van der Waals surface area contributed by atoms with Crippen LogP contribution in [0.25, 0.3) is 0 Å². The predicted octanol–water partition coefficient (Wildman–Crippen LogP) is 1.57. The molecule has 5 nitrogen and oxygen atoms in total. The van der Waals surface area contributed by atoms with Crippen LogP contribution in [0, 0.1) is 0 Å². The van der Waals surface area contributed by atoms with Crippen molar-refractivity contribution in [3.63, 3.8) is 0 Å². The quantitative estimate of drug-likeness (QED) is 0.861. The molecule has 0 unspecified atom stereocenters. The summed E-state index contributed by atoms with van der Waals surface area (Å²) < 4.78 is 0. The molecule has 6 heteroatoms. The van der Waals surface area contributed by atoms with Gasteiger partial charge in [0.15, 0.2) is 10.6 Å². The van der Waals surface area contributed by atoms with E-state index in [0.717, 1.165) is 30.5 Å². The Balaban J connectivity index is 1.93. The van der Waals surface area contributed by atoms with E-state index in [4.69, 9.17) is 0 Å². The topological polar surface area (TPSA) is 74.8 Å². The molecule has 2 aromatic heterocycles. The Morgan fingerprint density at radius 3 is 3.11 bits per heavy atom. The molecule has 0 aliphatic heterocycles. The maximum absolute atomic E-state index is 12.1. The zero-order chi connectivity index (χ0) is 12.5. The Bertz CT molecular complexity index is 646. The first kappa shape index (κ1) is 11.2. The highest BCUT2D eigenvalue weighted by Gasteiger charge is 2.20. The van der Waals surface area contributed by atoms with Crippen molar-refractivity contribution in [2.24, 2.45) is 0 Å². The van der Waals surface area contributed by atoms with Gasteiger partial charge in [0.25, 0.3) is 5.91 Å². The second-order valence-electron chi connectivity index (χ2n) is 4.13. The Labute approximate surface area is 107 Å². The van der Waals surface area contributed by atoms with E-state index in [1.807, 2.05) is 0 Å². The predicted molar refractivity (Wildman–Crippen MR) is 69.2 cm³/mol. The third kappa shape index (κ3) is 1.84. The summed E-state index contributed by atoms with van der Waals surface area (Å²) in [4.78, 5) is 31.1. The van der Waals surface area contributed by atoms with Gasteiger partial charge in [-0.1, -0.05) is 0 Å². The number of nitrogens with one attached hydrogen (secondary N) is 2. The second-order valence-corrected chi connectivity index (χ2v) is 5.03. The molecule has 0 fully saturated rings. The van der Waals surface area contributed by atoms with Crippen molar-refractivity contribution in [3.05, 3.63) is 44.8 Å². The summed E-state index contributed by atoms with van der Waals surface area (Å²) in [7, 11) is 0. The summed E-state index contributed by atoms with van der Waals surface area (Å²) in [5.74, 6) is -0.402. The molecule has 0 bridgehead atoms. The van der Waals surface area contributed by atoms with Crippen molar-refractivity contribution in [1.29, 1.82) is 0 Å². The SMILES string of the molecule is O=C(Nc1nccs1)c1c[nH]c2c(c1=O)CCC2. The van der Waals surface area contributed by atoms with Crippen molar-refractivity contribution < 1.29 is 4.79 Å². The van der Waals surface area contributed by atoms with Crippen LogP contribution in [0.15, 0.2) is 22.6 Å². The first-order valence-corrected chi connectivity index (χ1v) is 6.58. The van der Waals surface area contributed by atoms with Crippen molar-refractivity contribution in [3.8, 4) is 0 Å². The third-order valence-corrected chi connectivity index (χ3v) is 3.71. The summed E-state index contributed by atoms with van der Waals surface area (Å²) in [6, 6.07) is 0. The van der Waals surface area contributed by atoms with E-state index in [2.05, 4.69) is 15.3 Å². The van der Waals surface area contributed by atoms with E-state index in [0.29, 0.717) is 5.13 Å². The van der Waals surface area contributed by atoms with Crippen LogP contribution < -0.4 is 10.7 Å². The maximum Gasteiger partial charge on any atom is 0.262 e. The van der Waals surface area contributed by atoms with Crippen LogP contribution in [0.4, 0.5) is 5.13 Å². The molecule has 2 aromatic rings. The van der Waals surface area contributed by atoms with Crippen molar-refractivity contribution in [1.82, 2.24) is 9.97 Å². The van der Waals surface area contributed by atoms with Gasteiger partial charge in [0.1, 0.15) is 5.56 Å². The number of aromatic amines is 1. The number of hydrogen-bond acceptors (Lipinski definition) is 4. The summed E-state index contributed by atoms with van der Waals surface area (Å²) >= 11 is 1.32. The Kier molecular flexibility index (Phi) is 2.71. The van der Waals surface area contributed by atoms with E-state index in [9.17, 15) is 9.59 Å². The number of nitrogens with zero attached hydrogens (tertiary/aromatic N) is 1. The molecule has 0 aromatic carbocycles. The molecule has 0 saturated carbocycles. The maximum atomic E-state index is 12.1. The lowest BCUT2D eigenvalue weighted by atomic mass is 10.1. The van der Waals surface area contributed by atoms with Crippen LogP contribution in [0.5, 0.6) is 0 Å². The lowest BCUT2D eigenvalue weighted by Crippen LogP contribution is -2.24. The zero-order valence-corrected chi connectivity index (χ0v) is 10.3. The molecule has 1 amide bonds. The van der Waals surface area contributed by atoms with Gasteiger partial charge >= 0.3 is 0 Å². The smallest absolute Gasteiger partial charge is 0.262 e. The molecule has 2 N–H and O–H groups in total. The first-order valence-electron chi connectivity index (χ1n) is 5.70. The number of thiazole rings is 1. The number of fused-ring (bicyclic) bond motifs is 1. The fraction of sp³-hybridized carbons (Fsp3) is 0.250. The number of aromatic nitrogens is 2. The van der Waals surface area contributed by atoms with E-state index in [-0.39, 0.29) is 11.0 Å². The average Bonchev–Trinajstić information content (AvgIpc) is 2.99. The number of amides is 1. The summed E-state index contributed by atoms with van der Waals surface area (Å²) in [5, 5.41) is 4.89. The largest absolute Gasteiger partial charge is 0.364 e. The van der Waals surface area contributed by atoms with Crippen molar-refractivity contribution in [2.75, 3.05) is 5.32 Å². The molecule has 2 heterocycles. The summed E-state index contributed by atoms with van der Waals surface area (Å²) in [6.45, 7) is 0. The van der Waals surface area contributed by atoms with Crippen LogP contribution >= 0.6 is 11.3 Å². The third-order valence-electron chi connectivity index (χ3n) is 3.02. The Hall–Kier alpha value is -1.95. The van der Waals surface area contributed by atoms with Crippen LogP contribution in [0.3, 0.4) is 0 Å². The van der Waals surface area contributed by atoms with Gasteiger partial charge in [0, 0.05) is 29.0 Å². The highest BCUT2D eigenvalue weighted by molar-refractivity contribution is 7.13. The second kappa shape index (κ2) is 4.38. The number of carbonyl (C=O) groups is 1. The summed E-state index contributed by atoms with van der Waals surface area (Å²) in [6.07, 6.45) is 5.71. The van der Waals surface area contributed by atoms with Crippen LogP contribution in [0.2, 0.25) is 0 Å². The van der Waals surface area contributed by atoms with Gasteiger partial charge in [-0.2, -0.15) is 0 Å². The monoisotopic (exact) mass is 261 g/mol. The Morgan fingerprint density at radius 2 is 2.33 bits per heavy atom. The molecular formula is C12H11N3O2S. The van der Waals surface area contributed by atoms with Crippen LogP contribution in [-0.4, -0.2) is 15.9 Å². The fourth-order valence-corrected chi connectivity index (χ4v) is 2.68. The lowest BCUT2D eigenvalue weighted by molar-refractivity contribution is 0.102. The van der Waals surface area contributed by atoms with Gasteiger partial charge in [-0.3, -0.25) is 14.9 Å². The van der Waals surface area contributed by atoms with Gasteiger partial charge < -0.3 is 4.98 Å². The van der Waals surface area contributed by atoms with Gasteiger partial charge in [0.05, 0.1) is 0 Å². The van der Waals surface area contributed by atoms with Crippen LogP contribution in [-0.2, 0) is 12.8 Å². The molecule has 0 saturated heterocycles. The number of hydrogen-bond donors (Lipinski definition) is 2. The highest BCUT2D eigenvalue weighted by atomic mass is 32.1. The molecular weight excluding hydrogens is 250 g/mol. The minimum atomic E-state index is -0.402. The first-order chi connectivity index (χ1) is 8.75.